The molecule has 0 bridgehead atoms. The summed E-state index contributed by atoms with van der Waals surface area (Å²) < 4.78 is 5.64. The molecule has 124 valence electrons. The van der Waals surface area contributed by atoms with Crippen molar-refractivity contribution in [2.45, 2.75) is 20.0 Å². The highest BCUT2D eigenvalue weighted by Gasteiger charge is 2.08. The van der Waals surface area contributed by atoms with E-state index < -0.39 is 0 Å². The van der Waals surface area contributed by atoms with Gasteiger partial charge in [-0.1, -0.05) is 18.5 Å². The molecule has 0 saturated carbocycles. The molecule has 7 heteroatoms. The summed E-state index contributed by atoms with van der Waals surface area (Å²) in [7, 11) is 0. The maximum Gasteiger partial charge on any atom is 0.226 e. The monoisotopic (exact) mass is 353 g/mol. The van der Waals surface area contributed by atoms with Gasteiger partial charge in [0.2, 0.25) is 5.91 Å². The second kappa shape index (κ2) is 9.50. The minimum Gasteiger partial charge on any atom is -0.486 e. The highest BCUT2D eigenvalue weighted by atomic mass is 35.5. The highest BCUT2D eigenvalue weighted by Crippen LogP contribution is 2.18. The Morgan fingerprint density at radius 3 is 2.83 bits per heavy atom. The lowest BCUT2D eigenvalue weighted by Crippen LogP contribution is -2.32. The molecule has 0 spiro atoms. The number of aromatic nitrogens is 1. The van der Waals surface area contributed by atoms with Crippen LogP contribution in [0.25, 0.3) is 0 Å². The third-order valence-corrected chi connectivity index (χ3v) is 4.11. The van der Waals surface area contributed by atoms with E-state index in [4.69, 9.17) is 16.3 Å². The lowest BCUT2D eigenvalue weighted by Gasteiger charge is -2.04. The van der Waals surface area contributed by atoms with E-state index in [0.29, 0.717) is 24.6 Å². The molecule has 23 heavy (non-hydrogen) atoms. The van der Waals surface area contributed by atoms with Gasteiger partial charge in [0.05, 0.1) is 12.1 Å². The second-order valence-corrected chi connectivity index (χ2v) is 6.23. The van der Waals surface area contributed by atoms with Gasteiger partial charge < -0.3 is 15.4 Å². The fourth-order valence-electron chi connectivity index (χ4n) is 1.87. The summed E-state index contributed by atoms with van der Waals surface area (Å²) in [4.78, 5) is 16.2. The first-order valence-corrected chi connectivity index (χ1v) is 8.72. The van der Waals surface area contributed by atoms with Gasteiger partial charge >= 0.3 is 0 Å². The quantitative estimate of drug-likeness (QED) is 0.680. The molecule has 0 unspecified atom stereocenters. The van der Waals surface area contributed by atoms with E-state index in [1.54, 1.807) is 12.1 Å². The number of thiazole rings is 1. The fourth-order valence-corrected chi connectivity index (χ4v) is 2.70. The number of likely N-dealkylation sites (N-methyl/N-ethyl adjacent to an activating group) is 1. The number of amides is 1. The number of hydrogen-bond acceptors (Lipinski definition) is 5. The molecule has 0 aliphatic rings. The maximum atomic E-state index is 11.8. The summed E-state index contributed by atoms with van der Waals surface area (Å²) in [6, 6.07) is 7.19. The van der Waals surface area contributed by atoms with Crippen molar-refractivity contribution in [2.24, 2.45) is 0 Å². The Morgan fingerprint density at radius 2 is 2.09 bits per heavy atom. The lowest BCUT2D eigenvalue weighted by atomic mass is 10.3. The molecule has 0 fully saturated rings. The van der Waals surface area contributed by atoms with E-state index in [0.717, 1.165) is 29.5 Å². The summed E-state index contributed by atoms with van der Waals surface area (Å²) in [5.41, 5.74) is 0.769. The summed E-state index contributed by atoms with van der Waals surface area (Å²) in [6.07, 6.45) is 0.295. The van der Waals surface area contributed by atoms with Crippen LogP contribution in [0.3, 0.4) is 0 Å². The number of carbonyl (C=O) groups excluding carboxylic acids is 1. The van der Waals surface area contributed by atoms with E-state index in [1.807, 2.05) is 24.4 Å². The molecule has 0 radical (unpaired) electrons. The molecule has 1 heterocycles. The van der Waals surface area contributed by atoms with Gasteiger partial charge in [0.25, 0.3) is 0 Å². The van der Waals surface area contributed by atoms with Crippen molar-refractivity contribution in [3.63, 3.8) is 0 Å². The topological polar surface area (TPSA) is 63.2 Å². The van der Waals surface area contributed by atoms with Crippen LogP contribution < -0.4 is 15.4 Å². The van der Waals surface area contributed by atoms with Gasteiger partial charge in [-0.15, -0.1) is 11.3 Å². The zero-order valence-electron chi connectivity index (χ0n) is 13.0. The number of benzene rings is 1. The van der Waals surface area contributed by atoms with Crippen molar-refractivity contribution in [1.82, 2.24) is 15.6 Å². The molecule has 0 atom stereocenters. The Hall–Kier alpha value is -1.63. The van der Waals surface area contributed by atoms with Crippen LogP contribution in [0, 0.1) is 0 Å². The number of halogens is 1. The average Bonchev–Trinajstić information content (AvgIpc) is 2.98. The SMILES string of the molecule is CCNCCNC(=O)Cc1csc(COc2ccc(Cl)cc2)n1. The van der Waals surface area contributed by atoms with Crippen LogP contribution in [0.2, 0.25) is 5.02 Å². The van der Waals surface area contributed by atoms with Crippen LogP contribution in [0.4, 0.5) is 0 Å². The zero-order valence-corrected chi connectivity index (χ0v) is 14.5. The van der Waals surface area contributed by atoms with Crippen molar-refractivity contribution in [2.75, 3.05) is 19.6 Å². The van der Waals surface area contributed by atoms with Gasteiger partial charge in [-0.2, -0.15) is 0 Å². The summed E-state index contributed by atoms with van der Waals surface area (Å²) in [5.74, 6) is 0.727. The molecule has 1 aromatic heterocycles. The number of carbonyl (C=O) groups is 1. The minimum absolute atomic E-state index is 0.0154. The van der Waals surface area contributed by atoms with Crippen molar-refractivity contribution < 1.29 is 9.53 Å². The van der Waals surface area contributed by atoms with Gasteiger partial charge in [0.1, 0.15) is 17.4 Å². The predicted octanol–water partition coefficient (Wildman–Crippen LogP) is 2.64. The van der Waals surface area contributed by atoms with Gasteiger partial charge in [-0.05, 0) is 30.8 Å². The van der Waals surface area contributed by atoms with Gasteiger partial charge in [-0.25, -0.2) is 4.98 Å². The van der Waals surface area contributed by atoms with Crippen molar-refractivity contribution in [3.8, 4) is 5.75 Å². The highest BCUT2D eigenvalue weighted by molar-refractivity contribution is 7.09. The molecule has 0 saturated heterocycles. The van der Waals surface area contributed by atoms with E-state index in [9.17, 15) is 4.79 Å². The number of nitrogens with zero attached hydrogens (tertiary/aromatic N) is 1. The predicted molar refractivity (Wildman–Crippen MR) is 93.2 cm³/mol. The smallest absolute Gasteiger partial charge is 0.226 e. The van der Waals surface area contributed by atoms with E-state index >= 15 is 0 Å². The molecule has 2 rings (SSSR count). The standard InChI is InChI=1S/C16H20ClN3O2S/c1-2-18-7-8-19-15(21)9-13-11-23-16(20-13)10-22-14-5-3-12(17)4-6-14/h3-6,11,18H,2,7-10H2,1H3,(H,19,21). The molecule has 5 nitrogen and oxygen atoms in total. The number of ether oxygens (including phenoxy) is 1. The summed E-state index contributed by atoms with van der Waals surface area (Å²) in [5, 5.41) is 9.42. The van der Waals surface area contributed by atoms with Crippen molar-refractivity contribution >= 4 is 28.8 Å². The van der Waals surface area contributed by atoms with Crippen molar-refractivity contribution in [3.05, 3.63) is 45.4 Å². The van der Waals surface area contributed by atoms with Crippen LogP contribution in [-0.2, 0) is 17.8 Å². The van der Waals surface area contributed by atoms with E-state index in [1.165, 1.54) is 11.3 Å². The van der Waals surface area contributed by atoms with Crippen LogP contribution in [-0.4, -0.2) is 30.5 Å². The van der Waals surface area contributed by atoms with Crippen LogP contribution in [0.15, 0.2) is 29.6 Å². The first-order chi connectivity index (χ1) is 11.2. The van der Waals surface area contributed by atoms with Gasteiger partial charge in [0, 0.05) is 23.5 Å². The van der Waals surface area contributed by atoms with Crippen molar-refractivity contribution in [1.29, 1.82) is 0 Å². The lowest BCUT2D eigenvalue weighted by molar-refractivity contribution is -0.120. The summed E-state index contributed by atoms with van der Waals surface area (Å²) in [6.45, 7) is 4.72. The molecule has 1 amide bonds. The van der Waals surface area contributed by atoms with E-state index in [2.05, 4.69) is 15.6 Å². The Kier molecular flexibility index (Phi) is 7.32. The Balaban J connectivity index is 1.74. The van der Waals surface area contributed by atoms with Crippen LogP contribution in [0.5, 0.6) is 5.75 Å². The number of nitrogens with one attached hydrogen (secondary N) is 2. The molecule has 0 aliphatic carbocycles. The third kappa shape index (κ3) is 6.56. The van der Waals surface area contributed by atoms with E-state index in [-0.39, 0.29) is 5.91 Å². The molecule has 0 aliphatic heterocycles. The minimum atomic E-state index is -0.0154. The second-order valence-electron chi connectivity index (χ2n) is 4.86. The first-order valence-electron chi connectivity index (χ1n) is 7.46. The third-order valence-electron chi connectivity index (χ3n) is 2.99. The largest absolute Gasteiger partial charge is 0.486 e. The molecule has 2 N–H and O–H groups in total. The maximum absolute atomic E-state index is 11.8. The Labute approximate surface area is 145 Å². The van der Waals surface area contributed by atoms with Gasteiger partial charge in [-0.3, -0.25) is 4.79 Å². The molecule has 2 aromatic rings. The summed E-state index contributed by atoms with van der Waals surface area (Å²) >= 11 is 7.32. The molecule has 1 aromatic carbocycles. The Bertz CT molecular complexity index is 616. The van der Waals surface area contributed by atoms with Crippen LogP contribution in [0.1, 0.15) is 17.6 Å². The average molecular weight is 354 g/mol. The number of rotatable bonds is 9. The first kappa shape index (κ1) is 17.7. The Morgan fingerprint density at radius 1 is 1.30 bits per heavy atom. The normalized spacial score (nSPS) is 10.5. The number of hydrogen-bond donors (Lipinski definition) is 2. The zero-order chi connectivity index (χ0) is 16.5. The van der Waals surface area contributed by atoms with Crippen LogP contribution >= 0.6 is 22.9 Å². The van der Waals surface area contributed by atoms with Gasteiger partial charge in [0.15, 0.2) is 0 Å². The molecular weight excluding hydrogens is 334 g/mol. The fraction of sp³-hybridized carbons (Fsp3) is 0.375. The molecular formula is C16H20ClN3O2S.